The van der Waals surface area contributed by atoms with E-state index in [1.165, 1.54) is 70.6 Å². The largest absolute Gasteiger partial charge is 0.481 e. The molecule has 0 atom stereocenters. The molecule has 0 aromatic carbocycles. The van der Waals surface area contributed by atoms with Crippen molar-refractivity contribution in [2.75, 3.05) is 0 Å². The van der Waals surface area contributed by atoms with Crippen molar-refractivity contribution in [3.05, 3.63) is 12.2 Å². The number of allylic oxidation sites excluding steroid dienone is 2. The summed E-state index contributed by atoms with van der Waals surface area (Å²) in [7, 11) is 0. The number of aliphatic carboxylic acids is 2. The molecule has 0 aliphatic rings. The molecule has 0 aliphatic carbocycles. The molecule has 0 unspecified atom stereocenters. The monoisotopic (exact) mass is 429 g/mol. The Kier molecular flexibility index (Phi) is 32.1. The summed E-state index contributed by atoms with van der Waals surface area (Å²) in [5.41, 5.74) is 5.10. The SMILES string of the molecule is CCC(=O)O.CCC(=O)O.CCCCCCCCC=CCCCCCCCC(N)=O. The molecule has 0 bridgehead atoms. The van der Waals surface area contributed by atoms with Crippen molar-refractivity contribution in [1.29, 1.82) is 0 Å². The zero-order valence-electron chi connectivity index (χ0n) is 19.7. The van der Waals surface area contributed by atoms with Crippen LogP contribution >= 0.6 is 0 Å². The van der Waals surface area contributed by atoms with Crippen LogP contribution in [0.25, 0.3) is 0 Å². The highest BCUT2D eigenvalue weighted by molar-refractivity contribution is 5.73. The van der Waals surface area contributed by atoms with E-state index in [9.17, 15) is 14.4 Å². The molecule has 6 nitrogen and oxygen atoms in total. The van der Waals surface area contributed by atoms with Crippen molar-refractivity contribution in [2.45, 2.75) is 124 Å². The van der Waals surface area contributed by atoms with Crippen molar-refractivity contribution in [1.82, 2.24) is 0 Å². The Morgan fingerprint density at radius 2 is 0.967 bits per heavy atom. The molecule has 0 rings (SSSR count). The Labute approximate surface area is 184 Å². The average Bonchev–Trinajstić information content (AvgIpc) is 2.71. The molecule has 6 heteroatoms. The van der Waals surface area contributed by atoms with Crippen molar-refractivity contribution in [2.24, 2.45) is 5.73 Å². The third-order valence-electron chi connectivity index (χ3n) is 4.29. The third-order valence-corrected chi connectivity index (χ3v) is 4.29. The second-order valence-electron chi connectivity index (χ2n) is 7.30. The fourth-order valence-corrected chi connectivity index (χ4v) is 2.37. The van der Waals surface area contributed by atoms with Gasteiger partial charge in [0.05, 0.1) is 0 Å². The number of hydrogen-bond acceptors (Lipinski definition) is 3. The number of amides is 1. The van der Waals surface area contributed by atoms with E-state index in [0.717, 1.165) is 12.8 Å². The number of unbranched alkanes of at least 4 members (excludes halogenated alkanes) is 11. The first-order chi connectivity index (χ1) is 14.3. The first-order valence-corrected chi connectivity index (χ1v) is 11.7. The molecule has 178 valence electrons. The highest BCUT2D eigenvalue weighted by Crippen LogP contribution is 2.09. The Hall–Kier alpha value is -1.85. The van der Waals surface area contributed by atoms with E-state index in [2.05, 4.69) is 19.1 Å². The number of carboxylic acid groups (broad SMARTS) is 2. The minimum atomic E-state index is -0.745. The first-order valence-electron chi connectivity index (χ1n) is 11.7. The number of nitrogens with two attached hydrogens (primary N) is 1. The molecule has 0 spiro atoms. The molecule has 0 fully saturated rings. The highest BCUT2D eigenvalue weighted by atomic mass is 16.4. The molecule has 0 aromatic rings. The van der Waals surface area contributed by atoms with Gasteiger partial charge in [-0.25, -0.2) is 0 Å². The van der Waals surface area contributed by atoms with Crippen LogP contribution < -0.4 is 5.73 Å². The van der Waals surface area contributed by atoms with Crippen molar-refractivity contribution < 1.29 is 24.6 Å². The van der Waals surface area contributed by atoms with Gasteiger partial charge in [0.1, 0.15) is 0 Å². The van der Waals surface area contributed by atoms with Crippen LogP contribution in [0.4, 0.5) is 0 Å². The van der Waals surface area contributed by atoms with Gasteiger partial charge in [-0.2, -0.15) is 0 Å². The predicted octanol–water partition coefficient (Wildman–Crippen LogP) is 6.47. The molecule has 1 amide bonds. The predicted molar refractivity (Wildman–Crippen MR) is 125 cm³/mol. The zero-order valence-corrected chi connectivity index (χ0v) is 19.7. The Morgan fingerprint density at radius 3 is 1.30 bits per heavy atom. The third kappa shape index (κ3) is 45.1. The number of carbonyl (C=O) groups is 3. The van der Waals surface area contributed by atoms with E-state index < -0.39 is 11.9 Å². The summed E-state index contributed by atoms with van der Waals surface area (Å²) in [6.45, 7) is 5.46. The summed E-state index contributed by atoms with van der Waals surface area (Å²) in [4.78, 5) is 29.3. The van der Waals surface area contributed by atoms with Crippen LogP contribution in [-0.2, 0) is 14.4 Å². The lowest BCUT2D eigenvalue weighted by Gasteiger charge is -1.99. The quantitative estimate of drug-likeness (QED) is 0.181. The van der Waals surface area contributed by atoms with E-state index >= 15 is 0 Å². The van der Waals surface area contributed by atoms with Crippen molar-refractivity contribution >= 4 is 17.8 Å². The number of carbonyl (C=O) groups excluding carboxylic acids is 1. The van der Waals surface area contributed by atoms with Gasteiger partial charge in [-0.05, 0) is 32.1 Å². The summed E-state index contributed by atoms with van der Waals surface area (Å²) in [6, 6.07) is 0. The summed E-state index contributed by atoms with van der Waals surface area (Å²) in [6.07, 6.45) is 22.4. The van der Waals surface area contributed by atoms with Crippen molar-refractivity contribution in [3.63, 3.8) is 0 Å². The Morgan fingerprint density at radius 1 is 0.633 bits per heavy atom. The minimum Gasteiger partial charge on any atom is -0.481 e. The maximum absolute atomic E-state index is 10.5. The first kappa shape index (κ1) is 32.8. The van der Waals surface area contributed by atoms with Crippen LogP contribution in [0.1, 0.15) is 124 Å². The lowest BCUT2D eigenvalue weighted by Crippen LogP contribution is -2.09. The van der Waals surface area contributed by atoms with Gasteiger partial charge in [-0.15, -0.1) is 0 Å². The smallest absolute Gasteiger partial charge is 0.303 e. The molecular formula is C24H47NO5. The van der Waals surface area contributed by atoms with E-state index in [0.29, 0.717) is 6.42 Å². The van der Waals surface area contributed by atoms with E-state index in [1.807, 2.05) is 0 Å². The van der Waals surface area contributed by atoms with Gasteiger partial charge in [-0.1, -0.05) is 84.3 Å². The van der Waals surface area contributed by atoms with Crippen LogP contribution in [0.3, 0.4) is 0 Å². The highest BCUT2D eigenvalue weighted by Gasteiger charge is 1.94. The number of hydrogen-bond donors (Lipinski definition) is 3. The molecule has 0 saturated heterocycles. The van der Waals surface area contributed by atoms with Gasteiger partial charge >= 0.3 is 11.9 Å². The number of carboxylic acids is 2. The van der Waals surface area contributed by atoms with Gasteiger partial charge in [0.2, 0.25) is 5.91 Å². The Balaban J connectivity index is -0.000000599. The van der Waals surface area contributed by atoms with Crippen LogP contribution in [0.5, 0.6) is 0 Å². The lowest BCUT2D eigenvalue weighted by atomic mass is 10.1. The number of primary amides is 1. The fraction of sp³-hybridized carbons (Fsp3) is 0.792. The van der Waals surface area contributed by atoms with Crippen LogP contribution in [0.15, 0.2) is 12.2 Å². The average molecular weight is 430 g/mol. The molecule has 0 heterocycles. The van der Waals surface area contributed by atoms with E-state index in [-0.39, 0.29) is 18.7 Å². The van der Waals surface area contributed by atoms with Crippen molar-refractivity contribution in [3.8, 4) is 0 Å². The maximum Gasteiger partial charge on any atom is 0.303 e. The molecule has 4 N–H and O–H groups in total. The summed E-state index contributed by atoms with van der Waals surface area (Å²) in [5, 5.41) is 15.4. The lowest BCUT2D eigenvalue weighted by molar-refractivity contribution is -0.137. The summed E-state index contributed by atoms with van der Waals surface area (Å²) >= 11 is 0. The zero-order chi connectivity index (χ0) is 23.5. The molecule has 0 aromatic heterocycles. The second kappa shape index (κ2) is 29.4. The van der Waals surface area contributed by atoms with E-state index in [4.69, 9.17) is 15.9 Å². The van der Waals surface area contributed by atoms with Crippen LogP contribution in [0, 0.1) is 0 Å². The van der Waals surface area contributed by atoms with Crippen LogP contribution in [0.2, 0.25) is 0 Å². The van der Waals surface area contributed by atoms with E-state index in [1.54, 1.807) is 13.8 Å². The summed E-state index contributed by atoms with van der Waals surface area (Å²) in [5.74, 6) is -1.65. The minimum absolute atomic E-state index is 0.164. The van der Waals surface area contributed by atoms with Gasteiger partial charge in [-0.3, -0.25) is 14.4 Å². The molecule has 0 aliphatic heterocycles. The summed E-state index contributed by atoms with van der Waals surface area (Å²) < 4.78 is 0. The molecule has 30 heavy (non-hydrogen) atoms. The molecule has 0 saturated carbocycles. The van der Waals surface area contributed by atoms with Crippen LogP contribution in [-0.4, -0.2) is 28.1 Å². The fourth-order valence-electron chi connectivity index (χ4n) is 2.37. The molecule has 0 radical (unpaired) electrons. The van der Waals surface area contributed by atoms with Gasteiger partial charge < -0.3 is 15.9 Å². The topological polar surface area (TPSA) is 118 Å². The van der Waals surface area contributed by atoms with Gasteiger partial charge in [0.15, 0.2) is 0 Å². The number of rotatable bonds is 17. The Bertz CT molecular complexity index is 408. The maximum atomic E-state index is 10.5. The normalized spacial score (nSPS) is 9.97. The molecular weight excluding hydrogens is 382 g/mol. The van der Waals surface area contributed by atoms with Gasteiger partial charge in [0.25, 0.3) is 0 Å². The second-order valence-corrected chi connectivity index (χ2v) is 7.30. The van der Waals surface area contributed by atoms with Gasteiger partial charge in [0, 0.05) is 19.3 Å². The standard InChI is InChI=1S/C18H35NO.2C3H6O2/c1-2-3-4-5-6-7-8-9-10-11-12-13-14-15-16-17-18(19)20;2*1-2-3(4)5/h9-10H,2-8,11-17H2,1H3,(H2,19,20);2*2H2,1H3,(H,4,5).